The molecule has 1 aromatic heterocycles. The number of hydrogen-bond acceptors (Lipinski definition) is 6. The highest BCUT2D eigenvalue weighted by Gasteiger charge is 2.03. The van der Waals surface area contributed by atoms with Gasteiger partial charge in [0, 0.05) is 11.8 Å². The molecule has 1 rings (SSSR count). The number of carbonyl (C=O) groups excluding carboxylic acids is 1. The Morgan fingerprint density at radius 3 is 2.93 bits per heavy atom. The third-order valence-corrected chi connectivity index (χ3v) is 1.59. The Kier molecular flexibility index (Phi) is 3.84. The van der Waals surface area contributed by atoms with E-state index in [1.165, 1.54) is 0 Å². The number of aryl methyl sites for hydroxylation is 1. The van der Waals surface area contributed by atoms with E-state index < -0.39 is 0 Å². The van der Waals surface area contributed by atoms with E-state index >= 15 is 0 Å². The van der Waals surface area contributed by atoms with E-state index in [1.807, 2.05) is 0 Å². The van der Waals surface area contributed by atoms with Gasteiger partial charge in [0.05, 0.1) is 6.61 Å². The van der Waals surface area contributed by atoms with E-state index in [0.29, 0.717) is 12.4 Å². The van der Waals surface area contributed by atoms with E-state index in [4.69, 9.17) is 10.5 Å². The van der Waals surface area contributed by atoms with E-state index in [-0.39, 0.29) is 18.5 Å². The summed E-state index contributed by atoms with van der Waals surface area (Å²) in [7, 11) is 0. The lowest BCUT2D eigenvalue weighted by Crippen LogP contribution is -2.17. The molecular formula is C9H14N4O2. The van der Waals surface area contributed by atoms with Crippen LogP contribution in [0.1, 0.15) is 12.6 Å². The minimum Gasteiger partial charge on any atom is -0.465 e. The zero-order valence-electron chi connectivity index (χ0n) is 8.78. The van der Waals surface area contributed by atoms with Crippen LogP contribution in [-0.4, -0.2) is 29.1 Å². The number of nitrogens with two attached hydrogens (primary N) is 1. The van der Waals surface area contributed by atoms with Gasteiger partial charge in [-0.25, -0.2) is 4.98 Å². The fraction of sp³-hybridized carbons (Fsp3) is 0.444. The van der Waals surface area contributed by atoms with E-state index in [0.717, 1.165) is 5.69 Å². The molecule has 0 radical (unpaired) electrons. The summed E-state index contributed by atoms with van der Waals surface area (Å²) in [5.74, 6) is 0.377. The molecule has 0 aliphatic heterocycles. The number of rotatable bonds is 4. The molecule has 15 heavy (non-hydrogen) atoms. The number of hydrogen-bond donors (Lipinski definition) is 2. The quantitative estimate of drug-likeness (QED) is 0.696. The number of aromatic nitrogens is 2. The summed E-state index contributed by atoms with van der Waals surface area (Å²) in [6.07, 6.45) is 0. The van der Waals surface area contributed by atoms with Gasteiger partial charge in [0.1, 0.15) is 12.4 Å². The summed E-state index contributed by atoms with van der Waals surface area (Å²) >= 11 is 0. The molecule has 0 saturated heterocycles. The molecule has 0 aliphatic carbocycles. The number of nitrogens with one attached hydrogen (secondary N) is 1. The second kappa shape index (κ2) is 5.14. The van der Waals surface area contributed by atoms with Crippen LogP contribution in [0.3, 0.4) is 0 Å². The molecule has 0 saturated carbocycles. The van der Waals surface area contributed by atoms with Crippen molar-refractivity contribution in [3.63, 3.8) is 0 Å². The third kappa shape index (κ3) is 3.80. The highest BCUT2D eigenvalue weighted by Crippen LogP contribution is 2.06. The van der Waals surface area contributed by atoms with Gasteiger partial charge in [-0.3, -0.25) is 4.79 Å². The number of ether oxygens (including phenoxy) is 1. The normalized spacial score (nSPS) is 9.73. The first kappa shape index (κ1) is 11.2. The summed E-state index contributed by atoms with van der Waals surface area (Å²) in [5, 5.41) is 2.81. The van der Waals surface area contributed by atoms with Crippen LogP contribution in [0, 0.1) is 6.92 Å². The second-order valence-electron chi connectivity index (χ2n) is 2.91. The fourth-order valence-corrected chi connectivity index (χ4v) is 1.06. The SMILES string of the molecule is CCOC(=O)CNc1cc(C)nc(N)n1. The van der Waals surface area contributed by atoms with E-state index in [2.05, 4.69) is 15.3 Å². The second-order valence-corrected chi connectivity index (χ2v) is 2.91. The van der Waals surface area contributed by atoms with Crippen LogP contribution >= 0.6 is 0 Å². The monoisotopic (exact) mass is 210 g/mol. The first-order chi connectivity index (χ1) is 7.11. The Balaban J connectivity index is 2.54. The van der Waals surface area contributed by atoms with Crippen molar-refractivity contribution in [1.29, 1.82) is 0 Å². The standard InChI is InChI=1S/C9H14N4O2/c1-3-15-8(14)5-11-7-4-6(2)12-9(10)13-7/h4H,3,5H2,1-2H3,(H3,10,11,12,13). The molecule has 0 atom stereocenters. The van der Waals surface area contributed by atoms with Crippen LogP contribution in [0.5, 0.6) is 0 Å². The van der Waals surface area contributed by atoms with E-state index in [9.17, 15) is 4.79 Å². The van der Waals surface area contributed by atoms with Crippen molar-refractivity contribution in [1.82, 2.24) is 9.97 Å². The Morgan fingerprint density at radius 2 is 2.33 bits per heavy atom. The lowest BCUT2D eigenvalue weighted by atomic mass is 10.4. The summed E-state index contributed by atoms with van der Waals surface area (Å²) in [6, 6.07) is 1.70. The van der Waals surface area contributed by atoms with Crippen molar-refractivity contribution >= 4 is 17.7 Å². The maximum absolute atomic E-state index is 11.0. The third-order valence-electron chi connectivity index (χ3n) is 1.59. The van der Waals surface area contributed by atoms with Gasteiger partial charge >= 0.3 is 5.97 Å². The maximum Gasteiger partial charge on any atom is 0.325 e. The Bertz CT molecular complexity index is 334. The molecule has 1 aromatic rings. The van der Waals surface area contributed by atoms with Crippen LogP contribution in [0.4, 0.5) is 11.8 Å². The van der Waals surface area contributed by atoms with Gasteiger partial charge in [-0.15, -0.1) is 0 Å². The van der Waals surface area contributed by atoms with Gasteiger partial charge in [0.15, 0.2) is 0 Å². The van der Waals surface area contributed by atoms with Gasteiger partial charge in [0.25, 0.3) is 0 Å². The molecule has 1 heterocycles. The Morgan fingerprint density at radius 1 is 1.60 bits per heavy atom. The zero-order valence-corrected chi connectivity index (χ0v) is 8.78. The molecular weight excluding hydrogens is 196 g/mol. The van der Waals surface area contributed by atoms with Gasteiger partial charge in [-0.2, -0.15) is 4.98 Å². The van der Waals surface area contributed by atoms with Crippen molar-refractivity contribution in [3.8, 4) is 0 Å². The molecule has 0 bridgehead atoms. The van der Waals surface area contributed by atoms with Gasteiger partial charge in [-0.05, 0) is 13.8 Å². The van der Waals surface area contributed by atoms with Crippen LogP contribution in [-0.2, 0) is 9.53 Å². The van der Waals surface area contributed by atoms with Crippen LogP contribution in [0.25, 0.3) is 0 Å². The first-order valence-electron chi connectivity index (χ1n) is 4.62. The van der Waals surface area contributed by atoms with Crippen molar-refractivity contribution < 1.29 is 9.53 Å². The van der Waals surface area contributed by atoms with Crippen molar-refractivity contribution in [2.45, 2.75) is 13.8 Å². The molecule has 82 valence electrons. The number of carbonyl (C=O) groups is 1. The largest absolute Gasteiger partial charge is 0.465 e. The summed E-state index contributed by atoms with van der Waals surface area (Å²) in [6.45, 7) is 3.99. The lowest BCUT2D eigenvalue weighted by molar-refractivity contribution is -0.140. The molecule has 0 aromatic carbocycles. The average molecular weight is 210 g/mol. The van der Waals surface area contributed by atoms with Crippen molar-refractivity contribution in [2.24, 2.45) is 0 Å². The first-order valence-corrected chi connectivity index (χ1v) is 4.62. The summed E-state index contributed by atoms with van der Waals surface area (Å²) in [5.41, 5.74) is 6.19. The predicted octanol–water partition coefficient (Wildman–Crippen LogP) is 0.342. The van der Waals surface area contributed by atoms with Crippen LogP contribution < -0.4 is 11.1 Å². The molecule has 0 unspecified atom stereocenters. The van der Waals surface area contributed by atoms with Crippen molar-refractivity contribution in [2.75, 3.05) is 24.2 Å². The minimum absolute atomic E-state index is 0.0731. The summed E-state index contributed by atoms with van der Waals surface area (Å²) < 4.78 is 4.75. The smallest absolute Gasteiger partial charge is 0.325 e. The molecule has 6 heteroatoms. The Labute approximate surface area is 87.9 Å². The number of anilines is 2. The fourth-order valence-electron chi connectivity index (χ4n) is 1.06. The molecule has 0 amide bonds. The number of nitrogens with zero attached hydrogens (tertiary/aromatic N) is 2. The van der Waals surface area contributed by atoms with Crippen LogP contribution in [0.2, 0.25) is 0 Å². The number of nitrogen functional groups attached to an aromatic ring is 1. The zero-order chi connectivity index (χ0) is 11.3. The molecule has 3 N–H and O–H groups in total. The summed E-state index contributed by atoms with van der Waals surface area (Å²) in [4.78, 5) is 18.8. The van der Waals surface area contributed by atoms with E-state index in [1.54, 1.807) is 19.9 Å². The van der Waals surface area contributed by atoms with Crippen LogP contribution in [0.15, 0.2) is 6.07 Å². The van der Waals surface area contributed by atoms with Gasteiger partial charge < -0.3 is 15.8 Å². The average Bonchev–Trinajstić information content (AvgIpc) is 2.14. The van der Waals surface area contributed by atoms with Gasteiger partial charge in [0.2, 0.25) is 5.95 Å². The van der Waals surface area contributed by atoms with Crippen molar-refractivity contribution in [3.05, 3.63) is 11.8 Å². The molecule has 0 aliphatic rings. The Hall–Kier alpha value is -1.85. The highest BCUT2D eigenvalue weighted by atomic mass is 16.5. The predicted molar refractivity (Wildman–Crippen MR) is 56.3 cm³/mol. The molecule has 6 nitrogen and oxygen atoms in total. The molecule has 0 fully saturated rings. The lowest BCUT2D eigenvalue weighted by Gasteiger charge is -2.06. The molecule has 0 spiro atoms. The van der Waals surface area contributed by atoms with Gasteiger partial charge in [-0.1, -0.05) is 0 Å². The highest BCUT2D eigenvalue weighted by molar-refractivity contribution is 5.74. The maximum atomic E-state index is 11.0. The topological polar surface area (TPSA) is 90.1 Å². The minimum atomic E-state index is -0.327. The number of esters is 1.